The molecule has 152 valence electrons. The average Bonchev–Trinajstić information content (AvgIpc) is 3.08. The maximum absolute atomic E-state index is 12.7. The van der Waals surface area contributed by atoms with Gasteiger partial charge in [-0.1, -0.05) is 54.1 Å². The van der Waals surface area contributed by atoms with E-state index >= 15 is 0 Å². The number of carbonyl (C=O) groups excluding carboxylic acids is 2. The van der Waals surface area contributed by atoms with E-state index in [-0.39, 0.29) is 25.6 Å². The molecule has 0 amide bonds. The van der Waals surface area contributed by atoms with Crippen molar-refractivity contribution in [2.75, 3.05) is 19.8 Å². The van der Waals surface area contributed by atoms with Crippen LogP contribution >= 0.6 is 0 Å². The lowest BCUT2D eigenvalue weighted by Crippen LogP contribution is -2.40. The molecule has 0 saturated heterocycles. The largest absolute Gasteiger partial charge is 0.465 e. The molecule has 0 aliphatic heterocycles. The first-order valence-electron chi connectivity index (χ1n) is 9.75. The van der Waals surface area contributed by atoms with Gasteiger partial charge in [0.05, 0.1) is 26.4 Å². The van der Waals surface area contributed by atoms with E-state index in [1.54, 1.807) is 13.8 Å². The van der Waals surface area contributed by atoms with E-state index in [1.165, 1.54) is 0 Å². The van der Waals surface area contributed by atoms with Gasteiger partial charge in [-0.3, -0.25) is 9.59 Å². The number of esters is 2. The van der Waals surface area contributed by atoms with E-state index in [4.69, 9.17) is 14.2 Å². The molecule has 1 aromatic rings. The zero-order valence-electron chi connectivity index (χ0n) is 17.0. The van der Waals surface area contributed by atoms with E-state index in [0.717, 1.165) is 16.7 Å². The second-order valence-corrected chi connectivity index (χ2v) is 7.08. The molecule has 1 aromatic carbocycles. The van der Waals surface area contributed by atoms with Gasteiger partial charge >= 0.3 is 11.9 Å². The molecule has 1 atom stereocenters. The average molecular weight is 386 g/mol. The van der Waals surface area contributed by atoms with Crippen molar-refractivity contribution >= 4 is 11.9 Å². The van der Waals surface area contributed by atoms with E-state index in [0.29, 0.717) is 19.6 Å². The van der Waals surface area contributed by atoms with Crippen molar-refractivity contribution < 1.29 is 23.8 Å². The summed E-state index contributed by atoms with van der Waals surface area (Å²) in [5.74, 6) is -1.12. The van der Waals surface area contributed by atoms with Gasteiger partial charge in [0.1, 0.15) is 0 Å². The second-order valence-electron chi connectivity index (χ2n) is 7.08. The first-order chi connectivity index (χ1) is 13.4. The highest BCUT2D eigenvalue weighted by molar-refractivity contribution is 6.01. The molecule has 0 radical (unpaired) electrons. The van der Waals surface area contributed by atoms with Gasteiger partial charge in [0, 0.05) is 5.92 Å². The number of carbonyl (C=O) groups is 2. The van der Waals surface area contributed by atoms with Crippen LogP contribution in [0.1, 0.15) is 39.2 Å². The van der Waals surface area contributed by atoms with Crippen LogP contribution in [0.25, 0.3) is 0 Å². The van der Waals surface area contributed by atoms with Crippen LogP contribution in [0.15, 0.2) is 54.1 Å². The first kappa shape index (κ1) is 21.9. The molecule has 0 N–H and O–H groups in total. The van der Waals surface area contributed by atoms with Gasteiger partial charge in [-0.05, 0) is 39.2 Å². The van der Waals surface area contributed by atoms with Crippen LogP contribution in [0, 0.1) is 11.3 Å². The predicted octanol–water partition coefficient (Wildman–Crippen LogP) is 4.23. The lowest BCUT2D eigenvalue weighted by Gasteiger charge is -2.24. The van der Waals surface area contributed by atoms with Crippen molar-refractivity contribution in [3.63, 3.8) is 0 Å². The number of ether oxygens (including phenoxy) is 3. The molecule has 5 heteroatoms. The third kappa shape index (κ3) is 5.10. The summed E-state index contributed by atoms with van der Waals surface area (Å²) in [6.45, 7) is 10.8. The van der Waals surface area contributed by atoms with Crippen molar-refractivity contribution in [2.24, 2.45) is 11.3 Å². The van der Waals surface area contributed by atoms with Crippen LogP contribution in [0.2, 0.25) is 0 Å². The van der Waals surface area contributed by atoms with Crippen LogP contribution in [-0.2, 0) is 30.4 Å². The van der Waals surface area contributed by atoms with Crippen LogP contribution in [0.4, 0.5) is 0 Å². The Morgan fingerprint density at radius 3 is 2.29 bits per heavy atom. The molecule has 0 bridgehead atoms. The van der Waals surface area contributed by atoms with Gasteiger partial charge < -0.3 is 14.2 Å². The number of hydrogen-bond donors (Lipinski definition) is 0. The Morgan fingerprint density at radius 2 is 1.75 bits per heavy atom. The SMILES string of the molecule is C=C(C)C1CC(C(=O)OCC)(C(=O)OCC)C/C1=C/COCc1ccccc1. The predicted molar refractivity (Wildman–Crippen MR) is 107 cm³/mol. The van der Waals surface area contributed by atoms with Crippen LogP contribution < -0.4 is 0 Å². The van der Waals surface area contributed by atoms with Gasteiger partial charge in [-0.2, -0.15) is 0 Å². The fourth-order valence-corrected chi connectivity index (χ4v) is 3.58. The normalized spacial score (nSPS) is 19.4. The standard InChI is InChI=1S/C23H30O5/c1-5-27-21(24)23(22(25)28-6-2)14-19(20(15-23)17(3)4)12-13-26-16-18-10-8-7-9-11-18/h7-12,20H,3,5-6,13-16H2,1-2,4H3/b19-12-. The summed E-state index contributed by atoms with van der Waals surface area (Å²) in [7, 11) is 0. The number of allylic oxidation sites excluding steroid dienone is 2. The van der Waals surface area contributed by atoms with Crippen molar-refractivity contribution in [1.29, 1.82) is 0 Å². The monoisotopic (exact) mass is 386 g/mol. The molecule has 2 rings (SSSR count). The Morgan fingerprint density at radius 1 is 1.14 bits per heavy atom. The minimum Gasteiger partial charge on any atom is -0.465 e. The van der Waals surface area contributed by atoms with Crippen molar-refractivity contribution in [3.8, 4) is 0 Å². The summed E-state index contributed by atoms with van der Waals surface area (Å²) in [6.07, 6.45) is 2.56. The number of rotatable bonds is 9. The Bertz CT molecular complexity index is 702. The third-order valence-corrected chi connectivity index (χ3v) is 5.01. The summed E-state index contributed by atoms with van der Waals surface area (Å²) < 4.78 is 16.2. The summed E-state index contributed by atoms with van der Waals surface area (Å²) in [5.41, 5.74) is 1.67. The number of hydrogen-bond acceptors (Lipinski definition) is 5. The van der Waals surface area contributed by atoms with E-state index in [1.807, 2.05) is 43.3 Å². The van der Waals surface area contributed by atoms with E-state index < -0.39 is 17.4 Å². The highest BCUT2D eigenvalue weighted by Gasteiger charge is 2.55. The smallest absolute Gasteiger partial charge is 0.323 e. The minimum absolute atomic E-state index is 0.0749. The minimum atomic E-state index is -1.30. The van der Waals surface area contributed by atoms with E-state index in [9.17, 15) is 9.59 Å². The molecule has 1 saturated carbocycles. The third-order valence-electron chi connectivity index (χ3n) is 5.01. The molecule has 0 spiro atoms. The Balaban J connectivity index is 2.16. The molecule has 0 heterocycles. The Hall–Kier alpha value is -2.40. The van der Waals surface area contributed by atoms with Gasteiger partial charge in [0.25, 0.3) is 0 Å². The maximum atomic E-state index is 12.7. The van der Waals surface area contributed by atoms with Crippen molar-refractivity contribution in [2.45, 2.75) is 40.2 Å². The van der Waals surface area contributed by atoms with Crippen molar-refractivity contribution in [3.05, 3.63) is 59.7 Å². The summed E-state index contributed by atoms with van der Waals surface area (Å²) in [6, 6.07) is 9.92. The van der Waals surface area contributed by atoms with Crippen LogP contribution in [-0.4, -0.2) is 31.8 Å². The molecule has 0 aromatic heterocycles. The maximum Gasteiger partial charge on any atom is 0.323 e. The first-order valence-corrected chi connectivity index (χ1v) is 9.75. The highest BCUT2D eigenvalue weighted by atomic mass is 16.6. The highest BCUT2D eigenvalue weighted by Crippen LogP contribution is 2.49. The fraction of sp³-hybridized carbons (Fsp3) is 0.478. The molecule has 1 aliphatic rings. The zero-order chi connectivity index (χ0) is 20.6. The quantitative estimate of drug-likeness (QED) is 0.275. The summed E-state index contributed by atoms with van der Waals surface area (Å²) in [5, 5.41) is 0. The van der Waals surface area contributed by atoms with Gasteiger partial charge in [-0.15, -0.1) is 0 Å². The van der Waals surface area contributed by atoms with Gasteiger partial charge in [0.15, 0.2) is 5.41 Å². The molecule has 1 aliphatic carbocycles. The molecular formula is C23H30O5. The Kier molecular flexibility index (Phi) is 8.00. The van der Waals surface area contributed by atoms with Crippen molar-refractivity contribution in [1.82, 2.24) is 0 Å². The van der Waals surface area contributed by atoms with Crippen LogP contribution in [0.3, 0.4) is 0 Å². The zero-order valence-corrected chi connectivity index (χ0v) is 17.0. The second kappa shape index (κ2) is 10.2. The van der Waals surface area contributed by atoms with E-state index in [2.05, 4.69) is 6.58 Å². The topological polar surface area (TPSA) is 61.8 Å². The number of benzene rings is 1. The molecule has 1 unspecified atom stereocenters. The Labute approximate surface area is 167 Å². The lowest BCUT2D eigenvalue weighted by molar-refractivity contribution is -0.171. The summed E-state index contributed by atoms with van der Waals surface area (Å²) >= 11 is 0. The molecule has 28 heavy (non-hydrogen) atoms. The molecule has 1 fully saturated rings. The summed E-state index contributed by atoms with van der Waals surface area (Å²) in [4.78, 5) is 25.4. The van der Waals surface area contributed by atoms with Gasteiger partial charge in [-0.25, -0.2) is 0 Å². The fourth-order valence-electron chi connectivity index (χ4n) is 3.58. The molecular weight excluding hydrogens is 356 g/mol. The lowest BCUT2D eigenvalue weighted by atomic mass is 9.84. The molecule has 5 nitrogen and oxygen atoms in total. The van der Waals surface area contributed by atoms with Crippen LogP contribution in [0.5, 0.6) is 0 Å². The van der Waals surface area contributed by atoms with Gasteiger partial charge in [0.2, 0.25) is 0 Å².